The van der Waals surface area contributed by atoms with E-state index in [0.717, 1.165) is 46.3 Å². The molecule has 3 aromatic rings. The zero-order valence-corrected chi connectivity index (χ0v) is 17.9. The number of nitrogens with one attached hydrogen (secondary N) is 2. The molecule has 29 heavy (non-hydrogen) atoms. The fraction of sp³-hybridized carbons (Fsp3) is 0.304. The average Bonchev–Trinajstić information content (AvgIpc) is 3.24. The highest BCUT2D eigenvalue weighted by atomic mass is 79.9. The molecule has 0 amide bonds. The molecular formula is C23H24BrN5. The van der Waals surface area contributed by atoms with Crippen LogP contribution >= 0.6 is 15.9 Å². The Morgan fingerprint density at radius 2 is 1.90 bits per heavy atom. The van der Waals surface area contributed by atoms with Crippen molar-refractivity contribution in [3.8, 4) is 6.07 Å². The Kier molecular flexibility index (Phi) is 6.28. The minimum absolute atomic E-state index is 0.392. The maximum atomic E-state index is 9.57. The molecule has 0 bridgehead atoms. The van der Waals surface area contributed by atoms with E-state index in [0.29, 0.717) is 11.4 Å². The molecule has 1 aromatic heterocycles. The molecule has 1 fully saturated rings. The van der Waals surface area contributed by atoms with E-state index in [1.54, 1.807) is 0 Å². The first kappa shape index (κ1) is 19.7. The van der Waals surface area contributed by atoms with Crippen LogP contribution < -0.4 is 10.6 Å². The van der Waals surface area contributed by atoms with Gasteiger partial charge in [-0.2, -0.15) is 5.26 Å². The first-order valence-corrected chi connectivity index (χ1v) is 10.8. The maximum absolute atomic E-state index is 9.57. The molecule has 1 aliphatic heterocycles. The van der Waals surface area contributed by atoms with Crippen LogP contribution in [0.5, 0.6) is 0 Å². The zero-order valence-electron chi connectivity index (χ0n) is 16.3. The number of benzene rings is 2. The third kappa shape index (κ3) is 4.87. The Labute approximate surface area is 179 Å². The van der Waals surface area contributed by atoms with Gasteiger partial charge < -0.3 is 15.5 Å². The second-order valence-corrected chi connectivity index (χ2v) is 8.25. The number of anilines is 3. The summed E-state index contributed by atoms with van der Waals surface area (Å²) in [5, 5.41) is 17.5. The number of pyridine rings is 1. The average molecular weight is 450 g/mol. The van der Waals surface area contributed by atoms with Gasteiger partial charge in [0.1, 0.15) is 6.07 Å². The molecule has 0 aliphatic carbocycles. The normalized spacial score (nSPS) is 14.1. The van der Waals surface area contributed by atoms with Crippen LogP contribution in [0, 0.1) is 11.3 Å². The van der Waals surface area contributed by atoms with E-state index < -0.39 is 0 Å². The highest BCUT2D eigenvalue weighted by molar-refractivity contribution is 9.10. The van der Waals surface area contributed by atoms with Gasteiger partial charge in [-0.3, -0.25) is 0 Å². The summed E-state index contributed by atoms with van der Waals surface area (Å²) >= 11 is 3.49. The Hall–Kier alpha value is -2.62. The molecule has 4 rings (SSSR count). The predicted molar refractivity (Wildman–Crippen MR) is 123 cm³/mol. The molecule has 1 aliphatic rings. The van der Waals surface area contributed by atoms with E-state index in [4.69, 9.17) is 0 Å². The van der Waals surface area contributed by atoms with Crippen LogP contribution in [-0.4, -0.2) is 36.1 Å². The van der Waals surface area contributed by atoms with Gasteiger partial charge in [-0.15, -0.1) is 0 Å². The van der Waals surface area contributed by atoms with Crippen molar-refractivity contribution in [1.82, 2.24) is 9.88 Å². The Bertz CT molecular complexity index is 1040. The molecular weight excluding hydrogens is 426 g/mol. The lowest BCUT2D eigenvalue weighted by atomic mass is 10.1. The van der Waals surface area contributed by atoms with Gasteiger partial charge >= 0.3 is 0 Å². The first-order valence-electron chi connectivity index (χ1n) is 10.1. The smallest absolute Gasteiger partial charge is 0.164 e. The molecule has 148 valence electrons. The van der Waals surface area contributed by atoms with Crippen LogP contribution in [0.1, 0.15) is 25.0 Å². The lowest BCUT2D eigenvalue weighted by Crippen LogP contribution is -2.22. The van der Waals surface area contributed by atoms with Crippen molar-refractivity contribution in [3.05, 3.63) is 58.7 Å². The van der Waals surface area contributed by atoms with Gasteiger partial charge in [0, 0.05) is 27.8 Å². The third-order valence-corrected chi connectivity index (χ3v) is 5.73. The monoisotopic (exact) mass is 449 g/mol. The molecule has 2 heterocycles. The standard InChI is InChI=1S/C23H24BrN5/c24-17-6-3-7-18(14-17)27-22-15-19-20(8-4-9-21(19)28-23(22)16-25)26-10-5-13-29-11-1-2-12-29/h3-4,6-9,14-15,26-27H,1-2,5,10-13H2. The van der Waals surface area contributed by atoms with Crippen molar-refractivity contribution in [3.63, 3.8) is 0 Å². The summed E-state index contributed by atoms with van der Waals surface area (Å²) < 4.78 is 0.982. The number of fused-ring (bicyclic) bond motifs is 1. The number of nitriles is 1. The number of aromatic nitrogens is 1. The van der Waals surface area contributed by atoms with E-state index >= 15 is 0 Å². The first-order chi connectivity index (χ1) is 14.2. The second-order valence-electron chi connectivity index (χ2n) is 7.33. The van der Waals surface area contributed by atoms with Crippen molar-refractivity contribution < 1.29 is 0 Å². The van der Waals surface area contributed by atoms with E-state index in [-0.39, 0.29) is 0 Å². The van der Waals surface area contributed by atoms with Crippen molar-refractivity contribution >= 4 is 43.9 Å². The van der Waals surface area contributed by atoms with E-state index in [9.17, 15) is 5.26 Å². The van der Waals surface area contributed by atoms with Crippen molar-refractivity contribution in [2.45, 2.75) is 19.3 Å². The van der Waals surface area contributed by atoms with Gasteiger partial charge in [-0.1, -0.05) is 28.1 Å². The highest BCUT2D eigenvalue weighted by Gasteiger charge is 2.12. The van der Waals surface area contributed by atoms with Crippen LogP contribution in [0.15, 0.2) is 53.0 Å². The molecule has 2 N–H and O–H groups in total. The van der Waals surface area contributed by atoms with Crippen LogP contribution in [-0.2, 0) is 0 Å². The number of rotatable bonds is 7. The Morgan fingerprint density at radius 1 is 1.07 bits per heavy atom. The molecule has 1 saturated heterocycles. The molecule has 6 heteroatoms. The van der Waals surface area contributed by atoms with Crippen molar-refractivity contribution in [1.29, 1.82) is 5.26 Å². The second kappa shape index (κ2) is 9.25. The zero-order chi connectivity index (χ0) is 20.1. The van der Waals surface area contributed by atoms with Gasteiger partial charge in [-0.05, 0) is 75.3 Å². The molecule has 0 atom stereocenters. The summed E-state index contributed by atoms with van der Waals surface area (Å²) in [6.45, 7) is 4.54. The lowest BCUT2D eigenvalue weighted by molar-refractivity contribution is 0.337. The topological polar surface area (TPSA) is 64.0 Å². The van der Waals surface area contributed by atoms with Gasteiger partial charge in [0.25, 0.3) is 0 Å². The molecule has 0 saturated carbocycles. The van der Waals surface area contributed by atoms with Crippen molar-refractivity contribution in [2.24, 2.45) is 0 Å². The number of likely N-dealkylation sites (tertiary alicyclic amines) is 1. The number of nitrogens with zero attached hydrogens (tertiary/aromatic N) is 3. The van der Waals surface area contributed by atoms with Crippen molar-refractivity contribution in [2.75, 3.05) is 36.8 Å². The summed E-state index contributed by atoms with van der Waals surface area (Å²) in [6, 6.07) is 18.1. The summed E-state index contributed by atoms with van der Waals surface area (Å²) in [5.74, 6) is 0. The molecule has 0 radical (unpaired) electrons. The summed E-state index contributed by atoms with van der Waals surface area (Å²) in [6.07, 6.45) is 3.78. The fourth-order valence-corrected chi connectivity index (χ4v) is 4.18. The Balaban J connectivity index is 1.54. The van der Waals surface area contributed by atoms with E-state index in [2.05, 4.69) is 48.6 Å². The van der Waals surface area contributed by atoms with E-state index in [1.807, 2.05) is 42.5 Å². The van der Waals surface area contributed by atoms with Crippen LogP contribution in [0.25, 0.3) is 10.9 Å². The molecule has 0 unspecified atom stereocenters. The fourth-order valence-electron chi connectivity index (χ4n) is 3.78. The lowest BCUT2D eigenvalue weighted by Gasteiger charge is -2.16. The minimum atomic E-state index is 0.392. The summed E-state index contributed by atoms with van der Waals surface area (Å²) in [5.41, 5.74) is 3.89. The number of halogens is 1. The van der Waals surface area contributed by atoms with Crippen LogP contribution in [0.3, 0.4) is 0 Å². The molecule has 5 nitrogen and oxygen atoms in total. The van der Waals surface area contributed by atoms with Gasteiger partial charge in [0.05, 0.1) is 11.2 Å². The molecule has 0 spiro atoms. The Morgan fingerprint density at radius 3 is 2.69 bits per heavy atom. The van der Waals surface area contributed by atoms with E-state index in [1.165, 1.54) is 25.9 Å². The van der Waals surface area contributed by atoms with Gasteiger partial charge in [-0.25, -0.2) is 4.98 Å². The number of hydrogen-bond donors (Lipinski definition) is 2. The predicted octanol–water partition coefficient (Wildman–Crippen LogP) is 5.51. The minimum Gasteiger partial charge on any atom is -0.384 e. The highest BCUT2D eigenvalue weighted by Crippen LogP contribution is 2.29. The molecule has 2 aromatic carbocycles. The maximum Gasteiger partial charge on any atom is 0.164 e. The summed E-state index contributed by atoms with van der Waals surface area (Å²) in [4.78, 5) is 7.11. The van der Waals surface area contributed by atoms with Gasteiger partial charge in [0.2, 0.25) is 0 Å². The SMILES string of the molecule is N#Cc1nc2cccc(NCCCN3CCCC3)c2cc1Nc1cccc(Br)c1. The third-order valence-electron chi connectivity index (χ3n) is 5.23. The largest absolute Gasteiger partial charge is 0.384 e. The van der Waals surface area contributed by atoms with Crippen LogP contribution in [0.4, 0.5) is 17.1 Å². The number of hydrogen-bond acceptors (Lipinski definition) is 5. The van der Waals surface area contributed by atoms with Gasteiger partial charge in [0.15, 0.2) is 5.69 Å². The van der Waals surface area contributed by atoms with Crippen LogP contribution in [0.2, 0.25) is 0 Å². The quantitative estimate of drug-likeness (QED) is 0.465. The summed E-state index contributed by atoms with van der Waals surface area (Å²) in [7, 11) is 0.